The Morgan fingerprint density at radius 3 is 1.55 bits per heavy atom. The van der Waals surface area contributed by atoms with Gasteiger partial charge >= 0.3 is 0 Å². The summed E-state index contributed by atoms with van der Waals surface area (Å²) in [5.41, 5.74) is 11.6. The fourth-order valence-electron chi connectivity index (χ4n) is 8.31. The van der Waals surface area contributed by atoms with Crippen LogP contribution in [0.3, 0.4) is 0 Å². The standard InChI is InChI=1S/C52H32N6/c1-53-38-27-28-42-40-21-11-14-24-46(40)58(49(42)33-38)48-30-26-37(36-25-29-47-43(31-36)41-22-12-13-23-45(41)57(47)39-19-9-4-10-20-39)32-44(48)52-55-50(34-15-5-2-6-16-34)54-51(56-52)35-17-7-3-8-18-35/h2-33H. The second-order valence-electron chi connectivity index (χ2n) is 14.4. The molecule has 0 fully saturated rings. The van der Waals surface area contributed by atoms with Gasteiger partial charge in [-0.3, -0.25) is 0 Å². The Balaban J connectivity index is 1.20. The molecule has 0 N–H and O–H groups in total. The second-order valence-corrected chi connectivity index (χ2v) is 14.4. The molecule has 11 aromatic rings. The van der Waals surface area contributed by atoms with Gasteiger partial charge in [-0.25, -0.2) is 19.8 Å². The number of rotatable bonds is 6. The van der Waals surface area contributed by atoms with Crippen LogP contribution >= 0.6 is 0 Å². The number of hydrogen-bond donors (Lipinski definition) is 0. The third-order valence-electron chi connectivity index (χ3n) is 11.0. The molecular weight excluding hydrogens is 709 g/mol. The molecule has 0 atom stereocenters. The summed E-state index contributed by atoms with van der Waals surface area (Å²) < 4.78 is 4.59. The highest BCUT2D eigenvalue weighted by molar-refractivity contribution is 6.12. The van der Waals surface area contributed by atoms with Crippen LogP contribution in [0.25, 0.3) is 105 Å². The van der Waals surface area contributed by atoms with Gasteiger partial charge in [0.2, 0.25) is 0 Å². The predicted octanol–water partition coefficient (Wildman–Crippen LogP) is 13.3. The van der Waals surface area contributed by atoms with Gasteiger partial charge in [0.1, 0.15) is 0 Å². The molecule has 11 rings (SSSR count). The molecule has 0 radical (unpaired) electrons. The molecule has 0 aliphatic heterocycles. The van der Waals surface area contributed by atoms with Crippen molar-refractivity contribution in [1.82, 2.24) is 24.1 Å². The SMILES string of the molecule is [C-]#[N+]c1ccc2c3ccccc3n(-c3ccc(-c4ccc5c(c4)c4ccccc4n5-c4ccccc4)cc3-c3nc(-c4ccccc4)nc(-c4ccccc4)n3)c2c1. The third-order valence-corrected chi connectivity index (χ3v) is 11.0. The molecule has 3 aromatic heterocycles. The van der Waals surface area contributed by atoms with E-state index in [1.807, 2.05) is 72.8 Å². The van der Waals surface area contributed by atoms with E-state index in [1.165, 1.54) is 10.8 Å². The molecule has 6 nitrogen and oxygen atoms in total. The fraction of sp³-hybridized carbons (Fsp3) is 0. The molecular formula is C52H32N6. The summed E-state index contributed by atoms with van der Waals surface area (Å²) in [6.45, 7) is 7.88. The first-order valence-electron chi connectivity index (χ1n) is 19.2. The van der Waals surface area contributed by atoms with Gasteiger partial charge in [0.15, 0.2) is 23.2 Å². The largest absolute Gasteiger partial charge is 0.310 e. The Hall–Kier alpha value is -8.14. The summed E-state index contributed by atoms with van der Waals surface area (Å²) >= 11 is 0. The van der Waals surface area contributed by atoms with Crippen LogP contribution in [0.1, 0.15) is 0 Å². The summed E-state index contributed by atoms with van der Waals surface area (Å²) in [6, 6.07) is 66.9. The summed E-state index contributed by atoms with van der Waals surface area (Å²) in [7, 11) is 0. The van der Waals surface area contributed by atoms with E-state index in [-0.39, 0.29) is 0 Å². The van der Waals surface area contributed by atoms with E-state index in [0.717, 1.165) is 72.0 Å². The van der Waals surface area contributed by atoms with E-state index in [0.29, 0.717) is 23.2 Å². The van der Waals surface area contributed by atoms with Crippen molar-refractivity contribution in [3.05, 3.63) is 206 Å². The minimum Gasteiger partial charge on any atom is -0.310 e. The smallest absolute Gasteiger partial charge is 0.189 e. The van der Waals surface area contributed by atoms with Gasteiger partial charge in [-0.15, -0.1) is 0 Å². The van der Waals surface area contributed by atoms with E-state index < -0.39 is 0 Å². The number of hydrogen-bond acceptors (Lipinski definition) is 3. The normalized spacial score (nSPS) is 11.4. The number of benzene rings is 8. The van der Waals surface area contributed by atoms with Crippen molar-refractivity contribution in [1.29, 1.82) is 0 Å². The van der Waals surface area contributed by atoms with Crippen molar-refractivity contribution >= 4 is 49.3 Å². The van der Waals surface area contributed by atoms with Crippen LogP contribution in [0, 0.1) is 6.57 Å². The lowest BCUT2D eigenvalue weighted by Crippen LogP contribution is -2.04. The average molecular weight is 741 g/mol. The van der Waals surface area contributed by atoms with Crippen LogP contribution in [0.2, 0.25) is 0 Å². The van der Waals surface area contributed by atoms with Crippen LogP contribution in [0.5, 0.6) is 0 Å². The number of nitrogens with zero attached hydrogens (tertiary/aromatic N) is 6. The van der Waals surface area contributed by atoms with Crippen LogP contribution in [-0.2, 0) is 0 Å². The highest BCUT2D eigenvalue weighted by atomic mass is 15.1. The zero-order chi connectivity index (χ0) is 38.6. The van der Waals surface area contributed by atoms with Gasteiger partial charge < -0.3 is 9.13 Å². The minimum absolute atomic E-state index is 0.554. The first kappa shape index (κ1) is 33.2. The maximum absolute atomic E-state index is 7.88. The zero-order valence-corrected chi connectivity index (χ0v) is 31.2. The van der Waals surface area contributed by atoms with Crippen LogP contribution < -0.4 is 0 Å². The molecule has 6 heteroatoms. The molecule has 0 saturated heterocycles. The Morgan fingerprint density at radius 1 is 0.362 bits per heavy atom. The van der Waals surface area contributed by atoms with Crippen LogP contribution in [-0.4, -0.2) is 24.1 Å². The first-order valence-corrected chi connectivity index (χ1v) is 19.2. The number of aromatic nitrogens is 5. The van der Waals surface area contributed by atoms with Crippen molar-refractivity contribution < 1.29 is 0 Å². The predicted molar refractivity (Wildman–Crippen MR) is 237 cm³/mol. The maximum Gasteiger partial charge on any atom is 0.189 e. The van der Waals surface area contributed by atoms with Crippen molar-refractivity contribution in [3.63, 3.8) is 0 Å². The number of fused-ring (bicyclic) bond motifs is 6. The van der Waals surface area contributed by atoms with E-state index in [1.54, 1.807) is 0 Å². The highest BCUT2D eigenvalue weighted by Gasteiger charge is 2.21. The molecule has 0 spiro atoms. The fourth-order valence-corrected chi connectivity index (χ4v) is 8.31. The van der Waals surface area contributed by atoms with Crippen molar-refractivity contribution in [2.45, 2.75) is 0 Å². The van der Waals surface area contributed by atoms with Gasteiger partial charge in [0, 0.05) is 49.4 Å². The van der Waals surface area contributed by atoms with Crippen molar-refractivity contribution in [2.24, 2.45) is 0 Å². The lowest BCUT2D eigenvalue weighted by Gasteiger charge is -2.16. The van der Waals surface area contributed by atoms with Gasteiger partial charge in [-0.2, -0.15) is 0 Å². The third kappa shape index (κ3) is 5.45. The van der Waals surface area contributed by atoms with E-state index >= 15 is 0 Å². The van der Waals surface area contributed by atoms with E-state index in [9.17, 15) is 0 Å². The molecule has 0 saturated carbocycles. The van der Waals surface area contributed by atoms with Crippen LogP contribution in [0.15, 0.2) is 194 Å². The Morgan fingerprint density at radius 2 is 0.879 bits per heavy atom. The van der Waals surface area contributed by atoms with E-state index in [4.69, 9.17) is 21.5 Å². The van der Waals surface area contributed by atoms with Crippen molar-refractivity contribution in [3.8, 4) is 56.7 Å². The quantitative estimate of drug-likeness (QED) is 0.160. The highest BCUT2D eigenvalue weighted by Crippen LogP contribution is 2.41. The molecule has 3 heterocycles. The van der Waals surface area contributed by atoms with Gasteiger partial charge in [0.05, 0.1) is 28.8 Å². The molecule has 0 aliphatic carbocycles. The summed E-state index contributed by atoms with van der Waals surface area (Å²) in [5.74, 6) is 1.74. The Labute approximate surface area is 334 Å². The molecule has 8 aromatic carbocycles. The topological polar surface area (TPSA) is 52.9 Å². The molecule has 0 unspecified atom stereocenters. The summed E-state index contributed by atoms with van der Waals surface area (Å²) in [4.78, 5) is 19.3. The molecule has 270 valence electrons. The maximum atomic E-state index is 7.88. The summed E-state index contributed by atoms with van der Waals surface area (Å²) in [5, 5.41) is 4.55. The molecule has 0 amide bonds. The number of para-hydroxylation sites is 3. The van der Waals surface area contributed by atoms with Gasteiger partial charge in [0.25, 0.3) is 0 Å². The Bertz CT molecular complexity index is 3340. The van der Waals surface area contributed by atoms with Gasteiger partial charge in [-0.05, 0) is 65.7 Å². The Kier molecular flexibility index (Phi) is 7.76. The molecule has 0 bridgehead atoms. The van der Waals surface area contributed by atoms with Crippen molar-refractivity contribution in [2.75, 3.05) is 0 Å². The average Bonchev–Trinajstić information content (AvgIpc) is 3.81. The zero-order valence-electron chi connectivity index (χ0n) is 31.2. The molecule has 0 aliphatic rings. The lowest BCUT2D eigenvalue weighted by atomic mass is 9.99. The van der Waals surface area contributed by atoms with Crippen LogP contribution in [0.4, 0.5) is 5.69 Å². The monoisotopic (exact) mass is 740 g/mol. The minimum atomic E-state index is 0.554. The van der Waals surface area contributed by atoms with Gasteiger partial charge in [-0.1, -0.05) is 140 Å². The molecule has 58 heavy (non-hydrogen) atoms. The first-order chi connectivity index (χ1) is 28.7. The lowest BCUT2D eigenvalue weighted by molar-refractivity contribution is 1.06. The van der Waals surface area contributed by atoms with E-state index in [2.05, 4.69) is 135 Å². The summed E-state index contributed by atoms with van der Waals surface area (Å²) in [6.07, 6.45) is 0. The second kappa shape index (κ2) is 13.6.